The molecule has 28 heavy (non-hydrogen) atoms. The fraction of sp³-hybridized carbons (Fsp3) is 0.364. The van der Waals surface area contributed by atoms with Crippen molar-refractivity contribution in [2.45, 2.75) is 27.7 Å². The monoisotopic (exact) mass is 416 g/mol. The van der Waals surface area contributed by atoms with E-state index in [1.165, 1.54) is 0 Å². The molecule has 0 heterocycles. The number of rotatable bonds is 12. The Bertz CT molecular complexity index is 648. The molecule has 0 aliphatic carbocycles. The van der Waals surface area contributed by atoms with Crippen molar-refractivity contribution in [2.24, 2.45) is 0 Å². The zero-order valence-corrected chi connectivity index (χ0v) is 19.4. The van der Waals surface area contributed by atoms with Gasteiger partial charge in [0.05, 0.1) is 0 Å². The molecule has 0 amide bonds. The second-order valence-electron chi connectivity index (χ2n) is 6.18. The largest absolute Gasteiger partial charge is 0.403 e. The van der Waals surface area contributed by atoms with Crippen molar-refractivity contribution in [2.75, 3.05) is 26.4 Å². The second-order valence-corrected chi connectivity index (χ2v) is 12.7. The van der Waals surface area contributed by atoms with Crippen LogP contribution in [0, 0.1) is 0 Å². The Morgan fingerprint density at radius 2 is 0.893 bits per heavy atom. The molecular formula is C22H32O4Si2. The quantitative estimate of drug-likeness (QED) is 0.497. The van der Waals surface area contributed by atoms with E-state index in [1.807, 2.05) is 64.1 Å². The van der Waals surface area contributed by atoms with Crippen molar-refractivity contribution >= 4 is 27.5 Å². The summed E-state index contributed by atoms with van der Waals surface area (Å²) < 4.78 is 25.7. The maximum atomic E-state index is 6.43. The molecule has 2 aromatic carbocycles. The van der Waals surface area contributed by atoms with Gasteiger partial charge in [0.2, 0.25) is 0 Å². The van der Waals surface area contributed by atoms with E-state index in [2.05, 4.69) is 30.8 Å². The van der Waals surface area contributed by atoms with E-state index in [0.717, 1.165) is 15.2 Å². The highest BCUT2D eigenvalue weighted by Gasteiger charge is 2.57. The van der Waals surface area contributed by atoms with Crippen molar-refractivity contribution in [3.05, 3.63) is 72.1 Å². The number of hydrogen-bond donors (Lipinski definition) is 0. The van der Waals surface area contributed by atoms with E-state index < -0.39 is 17.1 Å². The maximum absolute atomic E-state index is 6.43. The normalized spacial score (nSPS) is 12.1. The van der Waals surface area contributed by atoms with Gasteiger partial charge in [-0.15, -0.1) is 0 Å². The van der Waals surface area contributed by atoms with E-state index >= 15 is 0 Å². The van der Waals surface area contributed by atoms with Crippen LogP contribution in [0.3, 0.4) is 0 Å². The van der Waals surface area contributed by atoms with Crippen LogP contribution >= 0.6 is 0 Å². The summed E-state index contributed by atoms with van der Waals surface area (Å²) in [6.45, 7) is 14.6. The van der Waals surface area contributed by atoms with Crippen LogP contribution in [0.25, 0.3) is 0 Å². The molecule has 0 bridgehead atoms. The summed E-state index contributed by atoms with van der Waals surface area (Å²) in [5.74, 6) is 0. The van der Waals surface area contributed by atoms with Gasteiger partial charge in [-0.25, -0.2) is 0 Å². The number of hydrogen-bond acceptors (Lipinski definition) is 4. The third kappa shape index (κ3) is 4.54. The van der Waals surface area contributed by atoms with Gasteiger partial charge in [0.15, 0.2) is 0 Å². The van der Waals surface area contributed by atoms with E-state index in [-0.39, 0.29) is 0 Å². The van der Waals surface area contributed by atoms with Crippen molar-refractivity contribution in [1.82, 2.24) is 0 Å². The molecule has 6 heteroatoms. The minimum Gasteiger partial charge on any atom is -0.388 e. The summed E-state index contributed by atoms with van der Waals surface area (Å²) in [5.41, 5.74) is 0. The Morgan fingerprint density at radius 1 is 0.607 bits per heavy atom. The molecule has 0 spiro atoms. The van der Waals surface area contributed by atoms with Crippen molar-refractivity contribution in [1.29, 1.82) is 0 Å². The third-order valence-corrected chi connectivity index (χ3v) is 13.0. The molecule has 152 valence electrons. The summed E-state index contributed by atoms with van der Waals surface area (Å²) in [6, 6.07) is 20.3. The average Bonchev–Trinajstić information content (AvgIpc) is 2.74. The van der Waals surface area contributed by atoms with Crippen LogP contribution in [0.2, 0.25) is 0 Å². The summed E-state index contributed by atoms with van der Waals surface area (Å²) in [6.07, 6.45) is 0. The first kappa shape index (κ1) is 22.7. The lowest BCUT2D eigenvalue weighted by molar-refractivity contribution is 0.188. The Morgan fingerprint density at radius 3 is 1.14 bits per heavy atom. The Labute approximate surface area is 171 Å². The molecule has 0 N–H and O–H groups in total. The summed E-state index contributed by atoms with van der Waals surface area (Å²) in [4.78, 5) is 0.838. The first-order valence-electron chi connectivity index (χ1n) is 9.97. The molecular weight excluding hydrogens is 384 g/mol. The topological polar surface area (TPSA) is 36.9 Å². The van der Waals surface area contributed by atoms with E-state index in [4.69, 9.17) is 17.7 Å². The van der Waals surface area contributed by atoms with Crippen LogP contribution in [0.5, 0.6) is 0 Å². The summed E-state index contributed by atoms with van der Waals surface area (Å²) in [5, 5.41) is 2.05. The average molecular weight is 417 g/mol. The second kappa shape index (κ2) is 10.9. The van der Waals surface area contributed by atoms with Crippen molar-refractivity contribution in [3.8, 4) is 0 Å². The molecule has 0 aromatic heterocycles. The van der Waals surface area contributed by atoms with Crippen LogP contribution in [-0.2, 0) is 17.7 Å². The predicted molar refractivity (Wildman–Crippen MR) is 119 cm³/mol. The lowest BCUT2D eigenvalue weighted by Crippen LogP contribution is -2.68. The summed E-state index contributed by atoms with van der Waals surface area (Å²) in [7, 11) is -6.10. The van der Waals surface area contributed by atoms with Crippen LogP contribution in [-0.4, -0.2) is 43.5 Å². The molecule has 0 aliphatic rings. The molecule has 4 nitrogen and oxygen atoms in total. The fourth-order valence-corrected chi connectivity index (χ4v) is 12.0. The van der Waals surface area contributed by atoms with Crippen molar-refractivity contribution in [3.63, 3.8) is 0 Å². The Balaban J connectivity index is 2.72. The Hall–Kier alpha value is -1.55. The molecule has 0 atom stereocenters. The molecule has 0 fully saturated rings. The minimum absolute atomic E-state index is 0.525. The smallest absolute Gasteiger partial charge is 0.388 e. The van der Waals surface area contributed by atoms with Gasteiger partial charge in [-0.2, -0.15) is 0 Å². The first-order chi connectivity index (χ1) is 13.6. The van der Waals surface area contributed by atoms with Gasteiger partial charge >= 0.3 is 17.1 Å². The van der Waals surface area contributed by atoms with Gasteiger partial charge in [-0.1, -0.05) is 67.2 Å². The van der Waals surface area contributed by atoms with Crippen LogP contribution in [0.4, 0.5) is 0 Å². The van der Waals surface area contributed by atoms with Gasteiger partial charge in [-0.05, 0) is 38.1 Å². The first-order valence-corrected chi connectivity index (χ1v) is 13.6. The zero-order valence-electron chi connectivity index (χ0n) is 17.4. The Kier molecular flexibility index (Phi) is 8.81. The molecule has 0 saturated heterocycles. The molecule has 0 unspecified atom stereocenters. The highest BCUT2D eigenvalue weighted by Crippen LogP contribution is 2.28. The van der Waals surface area contributed by atoms with Crippen molar-refractivity contribution < 1.29 is 17.7 Å². The molecule has 0 radical (unpaired) electrons. The SMILES string of the molecule is C=C([Si](OCC)(OCC)c1ccccc1)[Si](OCC)(OCC)c1ccccc1. The zero-order chi connectivity index (χ0) is 20.5. The molecule has 0 aliphatic heterocycles. The van der Waals surface area contributed by atoms with Crippen LogP contribution in [0.1, 0.15) is 27.7 Å². The van der Waals surface area contributed by atoms with E-state index in [9.17, 15) is 0 Å². The minimum atomic E-state index is -3.05. The van der Waals surface area contributed by atoms with Gasteiger partial charge < -0.3 is 17.7 Å². The lowest BCUT2D eigenvalue weighted by atomic mass is 10.4. The van der Waals surface area contributed by atoms with Crippen LogP contribution < -0.4 is 10.4 Å². The third-order valence-electron chi connectivity index (χ3n) is 4.49. The van der Waals surface area contributed by atoms with Gasteiger partial charge in [0, 0.05) is 31.2 Å². The van der Waals surface area contributed by atoms with Gasteiger partial charge in [0.1, 0.15) is 0 Å². The summed E-state index contributed by atoms with van der Waals surface area (Å²) >= 11 is 0. The predicted octanol–water partition coefficient (Wildman–Crippen LogP) is 3.47. The van der Waals surface area contributed by atoms with E-state index in [0.29, 0.717) is 26.4 Å². The molecule has 2 rings (SSSR count). The highest BCUT2D eigenvalue weighted by atomic mass is 28.4. The molecule has 2 aromatic rings. The number of benzene rings is 2. The maximum Gasteiger partial charge on any atom is 0.403 e. The van der Waals surface area contributed by atoms with Crippen LogP contribution in [0.15, 0.2) is 72.1 Å². The van der Waals surface area contributed by atoms with E-state index in [1.54, 1.807) is 0 Å². The molecule has 0 saturated carbocycles. The highest BCUT2D eigenvalue weighted by molar-refractivity contribution is 7.07. The fourth-order valence-electron chi connectivity index (χ4n) is 3.46. The van der Waals surface area contributed by atoms with Gasteiger partial charge in [0.25, 0.3) is 0 Å². The van der Waals surface area contributed by atoms with Gasteiger partial charge in [-0.3, -0.25) is 0 Å². The standard InChI is InChI=1S/C22H32O4Si2/c1-6-23-27(24-7-2,21-16-12-10-13-17-21)20(5)28(25-8-3,26-9-4)22-18-14-11-15-19-22/h10-19H,5-9H2,1-4H3. The lowest BCUT2D eigenvalue weighted by Gasteiger charge is -2.40.